The molecule has 2 N–H and O–H groups in total. The Morgan fingerprint density at radius 1 is 1.00 bits per heavy atom. The first-order valence-corrected chi connectivity index (χ1v) is 12.8. The quantitative estimate of drug-likeness (QED) is 0.355. The molecule has 0 atom stereocenters. The van der Waals surface area contributed by atoms with Crippen LogP contribution < -0.4 is 10.6 Å². The summed E-state index contributed by atoms with van der Waals surface area (Å²) in [6.07, 6.45) is 8.14. The van der Waals surface area contributed by atoms with Crippen molar-refractivity contribution in [1.82, 2.24) is 9.97 Å². The second-order valence-electron chi connectivity index (χ2n) is 9.46. The van der Waals surface area contributed by atoms with Crippen LogP contribution in [-0.4, -0.2) is 21.1 Å². The van der Waals surface area contributed by atoms with E-state index in [1.165, 1.54) is 17.7 Å². The monoisotopic (exact) mass is 474 g/mol. The first kappa shape index (κ1) is 20.5. The summed E-state index contributed by atoms with van der Waals surface area (Å²) in [7, 11) is 0. The normalized spacial score (nSPS) is 17.0. The fraction of sp³-hybridized carbons (Fsp3) is 0.207. The lowest BCUT2D eigenvalue weighted by molar-refractivity contribution is -0.117. The molecule has 4 aromatic rings. The van der Waals surface area contributed by atoms with Gasteiger partial charge < -0.3 is 10.6 Å². The Morgan fingerprint density at radius 3 is 2.66 bits per heavy atom. The van der Waals surface area contributed by atoms with Crippen molar-refractivity contribution in [3.8, 4) is 11.8 Å². The number of benzene rings is 2. The molecule has 0 radical (unpaired) electrons. The van der Waals surface area contributed by atoms with Crippen LogP contribution in [0.3, 0.4) is 0 Å². The average Bonchev–Trinajstić information content (AvgIpc) is 3.80. The Labute approximate surface area is 207 Å². The Kier molecular flexibility index (Phi) is 4.61. The van der Waals surface area contributed by atoms with Crippen molar-refractivity contribution in [2.24, 2.45) is 0 Å². The van der Waals surface area contributed by atoms with Crippen molar-refractivity contribution in [3.05, 3.63) is 83.8 Å². The first-order chi connectivity index (χ1) is 17.2. The lowest BCUT2D eigenvalue weighted by Gasteiger charge is -2.08. The van der Waals surface area contributed by atoms with Crippen molar-refractivity contribution >= 4 is 45.6 Å². The Hall–Kier alpha value is -3.82. The van der Waals surface area contributed by atoms with Crippen LogP contribution in [0.5, 0.6) is 0 Å². The van der Waals surface area contributed by atoms with Crippen molar-refractivity contribution in [2.45, 2.75) is 41.2 Å². The van der Waals surface area contributed by atoms with Crippen molar-refractivity contribution < 1.29 is 4.79 Å². The van der Waals surface area contributed by atoms with Crippen LogP contribution in [0.25, 0.3) is 10.8 Å². The molecule has 7 rings (SSSR count). The van der Waals surface area contributed by atoms with E-state index in [2.05, 4.69) is 56.7 Å². The molecule has 2 aromatic carbocycles. The number of carbonyl (C=O) groups is 1. The number of anilines is 3. The third-order valence-corrected chi connectivity index (χ3v) is 8.24. The number of hydrogen-bond donors (Lipinski definition) is 2. The van der Waals surface area contributed by atoms with Crippen LogP contribution in [0.4, 0.5) is 17.2 Å². The number of amides is 1. The van der Waals surface area contributed by atoms with Crippen LogP contribution in [0.1, 0.15) is 42.5 Å². The first-order valence-electron chi connectivity index (χ1n) is 11.9. The molecule has 3 aliphatic rings. The average molecular weight is 475 g/mol. The number of fused-ring (bicyclic) bond motifs is 3. The molecule has 0 bridgehead atoms. The van der Waals surface area contributed by atoms with Gasteiger partial charge in [-0.2, -0.15) is 0 Å². The third-order valence-electron chi connectivity index (χ3n) is 6.89. The summed E-state index contributed by atoms with van der Waals surface area (Å²) in [5.74, 6) is 7.35. The minimum atomic E-state index is -0.273. The SMILES string of the molecule is O=C1Nc2cc(C#Cc3nccc4cnc(Nc5ccc(SC6CC6)cc5)cc34)ccc2C12CC2. The number of pyridine rings is 2. The highest BCUT2D eigenvalue weighted by Gasteiger charge is 2.56. The van der Waals surface area contributed by atoms with Crippen LogP contribution in [0.15, 0.2) is 71.9 Å². The topological polar surface area (TPSA) is 66.9 Å². The number of rotatable bonds is 4. The van der Waals surface area contributed by atoms with Crippen LogP contribution in [-0.2, 0) is 10.2 Å². The fourth-order valence-electron chi connectivity index (χ4n) is 4.64. The van der Waals surface area contributed by atoms with E-state index < -0.39 is 0 Å². The molecule has 2 fully saturated rings. The molecule has 2 aliphatic carbocycles. The molecular formula is C29H22N4OS. The summed E-state index contributed by atoms with van der Waals surface area (Å²) in [5, 5.41) is 9.16. The molecule has 2 aromatic heterocycles. The highest BCUT2D eigenvalue weighted by atomic mass is 32.2. The van der Waals surface area contributed by atoms with Crippen molar-refractivity contribution in [1.29, 1.82) is 0 Å². The number of hydrogen-bond acceptors (Lipinski definition) is 5. The lowest BCUT2D eigenvalue weighted by Crippen LogP contribution is -2.18. The summed E-state index contributed by atoms with van der Waals surface area (Å²) < 4.78 is 0. The molecule has 0 saturated heterocycles. The van der Waals surface area contributed by atoms with Gasteiger partial charge >= 0.3 is 0 Å². The minimum Gasteiger partial charge on any atom is -0.340 e. The van der Waals surface area contributed by atoms with E-state index in [1.807, 2.05) is 48.3 Å². The maximum atomic E-state index is 12.3. The second kappa shape index (κ2) is 7.86. The number of carbonyl (C=O) groups excluding carboxylic acids is 1. The van der Waals surface area contributed by atoms with Gasteiger partial charge in [0.1, 0.15) is 11.5 Å². The van der Waals surface area contributed by atoms with Crippen LogP contribution in [0.2, 0.25) is 0 Å². The van der Waals surface area contributed by atoms with Gasteiger partial charge in [-0.1, -0.05) is 12.0 Å². The molecule has 1 amide bonds. The van der Waals surface area contributed by atoms with Crippen LogP contribution >= 0.6 is 11.8 Å². The highest BCUT2D eigenvalue weighted by molar-refractivity contribution is 8.00. The summed E-state index contributed by atoms with van der Waals surface area (Å²) in [5.41, 5.74) is 4.29. The number of aromatic nitrogens is 2. The van der Waals surface area contributed by atoms with Gasteiger partial charge in [0.15, 0.2) is 0 Å². The third kappa shape index (κ3) is 3.82. The van der Waals surface area contributed by atoms with Gasteiger partial charge in [-0.3, -0.25) is 4.79 Å². The molecule has 6 heteroatoms. The van der Waals surface area contributed by atoms with Gasteiger partial charge in [-0.15, -0.1) is 11.8 Å². The van der Waals surface area contributed by atoms with Crippen LogP contribution in [0, 0.1) is 11.8 Å². The molecular weight excluding hydrogens is 452 g/mol. The van der Waals surface area contributed by atoms with Gasteiger partial charge in [0.25, 0.3) is 0 Å². The zero-order valence-electron chi connectivity index (χ0n) is 19.0. The predicted molar refractivity (Wildman–Crippen MR) is 140 cm³/mol. The molecule has 35 heavy (non-hydrogen) atoms. The van der Waals surface area contributed by atoms with E-state index in [-0.39, 0.29) is 11.3 Å². The largest absolute Gasteiger partial charge is 0.340 e. The lowest BCUT2D eigenvalue weighted by atomic mass is 9.97. The molecule has 1 spiro atoms. The van der Waals surface area contributed by atoms with Crippen molar-refractivity contribution in [3.63, 3.8) is 0 Å². The fourth-order valence-corrected chi connectivity index (χ4v) is 5.69. The second-order valence-corrected chi connectivity index (χ2v) is 10.8. The Balaban J connectivity index is 1.15. The highest BCUT2D eigenvalue weighted by Crippen LogP contribution is 2.55. The minimum absolute atomic E-state index is 0.122. The summed E-state index contributed by atoms with van der Waals surface area (Å²) in [6.45, 7) is 0. The van der Waals surface area contributed by atoms with Gasteiger partial charge in [0.05, 0.1) is 5.41 Å². The maximum absolute atomic E-state index is 12.3. The smallest absolute Gasteiger partial charge is 0.235 e. The van der Waals surface area contributed by atoms with Gasteiger partial charge in [0, 0.05) is 50.2 Å². The van der Waals surface area contributed by atoms with Gasteiger partial charge in [-0.05, 0) is 85.7 Å². The van der Waals surface area contributed by atoms with E-state index in [4.69, 9.17) is 0 Å². The Bertz CT molecular complexity index is 1560. The van der Waals surface area contributed by atoms with E-state index in [0.29, 0.717) is 5.69 Å². The predicted octanol–water partition coefficient (Wildman–Crippen LogP) is 6.01. The van der Waals surface area contributed by atoms with E-state index in [9.17, 15) is 4.79 Å². The molecule has 170 valence electrons. The van der Waals surface area contributed by atoms with E-state index in [0.717, 1.165) is 57.2 Å². The number of nitrogens with zero attached hydrogens (tertiary/aromatic N) is 2. The zero-order chi connectivity index (χ0) is 23.4. The maximum Gasteiger partial charge on any atom is 0.235 e. The molecule has 0 unspecified atom stereocenters. The standard InChI is InChI=1S/C29H22N4OS/c34-28-29(12-13-29)24-9-1-18(15-26(24)33-28)2-10-25-23-16-27(31-17-19(23)11-14-30-25)32-20-3-5-21(6-4-20)35-22-7-8-22/h1,3-6,9,11,14-17,22H,7-8,12-13H2,(H,31,32)(H,33,34). The van der Waals surface area contributed by atoms with E-state index in [1.54, 1.807) is 6.20 Å². The Morgan fingerprint density at radius 2 is 1.86 bits per heavy atom. The summed E-state index contributed by atoms with van der Waals surface area (Å²) >= 11 is 1.95. The summed E-state index contributed by atoms with van der Waals surface area (Å²) in [4.78, 5) is 22.7. The number of thioether (sulfide) groups is 1. The van der Waals surface area contributed by atoms with Gasteiger partial charge in [0.2, 0.25) is 5.91 Å². The zero-order valence-corrected chi connectivity index (χ0v) is 19.8. The molecule has 1 aliphatic heterocycles. The van der Waals surface area contributed by atoms with E-state index >= 15 is 0 Å². The number of nitrogens with one attached hydrogen (secondary N) is 2. The van der Waals surface area contributed by atoms with Crippen molar-refractivity contribution in [2.75, 3.05) is 10.6 Å². The van der Waals surface area contributed by atoms with Gasteiger partial charge in [-0.25, -0.2) is 9.97 Å². The molecule has 5 nitrogen and oxygen atoms in total. The summed E-state index contributed by atoms with van der Waals surface area (Å²) in [6, 6.07) is 18.5. The molecule has 3 heterocycles. The molecule has 2 saturated carbocycles.